The van der Waals surface area contributed by atoms with E-state index in [0.29, 0.717) is 11.8 Å². The van der Waals surface area contributed by atoms with Gasteiger partial charge in [-0.1, -0.05) is 19.8 Å². The lowest BCUT2D eigenvalue weighted by atomic mass is 9.93. The van der Waals surface area contributed by atoms with E-state index in [1.807, 2.05) is 7.05 Å². The van der Waals surface area contributed by atoms with Crippen molar-refractivity contribution in [2.24, 2.45) is 11.8 Å². The average Bonchev–Trinajstić information content (AvgIpc) is 2.71. The van der Waals surface area contributed by atoms with Gasteiger partial charge in [-0.25, -0.2) is 8.42 Å². The van der Waals surface area contributed by atoms with Crippen LogP contribution in [0.15, 0.2) is 0 Å². The van der Waals surface area contributed by atoms with Gasteiger partial charge in [-0.2, -0.15) is 0 Å². The molecule has 17 heavy (non-hydrogen) atoms. The first-order valence-electron chi connectivity index (χ1n) is 6.81. The van der Waals surface area contributed by atoms with Crippen LogP contribution >= 0.6 is 0 Å². The lowest BCUT2D eigenvalue weighted by Crippen LogP contribution is -2.32. The highest BCUT2D eigenvalue weighted by Gasteiger charge is 2.28. The highest BCUT2D eigenvalue weighted by Crippen LogP contribution is 2.35. The summed E-state index contributed by atoms with van der Waals surface area (Å²) in [5.41, 5.74) is 0. The monoisotopic (exact) mass is 261 g/mol. The summed E-state index contributed by atoms with van der Waals surface area (Å²) in [4.78, 5) is 0. The summed E-state index contributed by atoms with van der Waals surface area (Å²) in [6.07, 6.45) is 8.37. The minimum absolute atomic E-state index is 0.328. The van der Waals surface area contributed by atoms with Gasteiger partial charge in [0.2, 0.25) is 0 Å². The molecular weight excluding hydrogens is 234 g/mol. The molecule has 1 saturated carbocycles. The van der Waals surface area contributed by atoms with Crippen LogP contribution in [-0.2, 0) is 9.84 Å². The summed E-state index contributed by atoms with van der Waals surface area (Å²) in [6, 6.07) is 0.508. The molecule has 3 unspecified atom stereocenters. The molecule has 1 N–H and O–H groups in total. The second-order valence-corrected chi connectivity index (χ2v) is 7.77. The van der Waals surface area contributed by atoms with Crippen molar-refractivity contribution in [1.82, 2.24) is 5.32 Å². The topological polar surface area (TPSA) is 46.2 Å². The first kappa shape index (κ1) is 15.0. The third kappa shape index (κ3) is 5.38. The van der Waals surface area contributed by atoms with Gasteiger partial charge < -0.3 is 5.32 Å². The molecule has 3 nitrogen and oxygen atoms in total. The molecule has 1 rings (SSSR count). The second-order valence-electron chi connectivity index (χ2n) is 5.51. The van der Waals surface area contributed by atoms with Crippen molar-refractivity contribution in [3.05, 3.63) is 0 Å². The number of rotatable bonds is 7. The molecule has 0 bridgehead atoms. The van der Waals surface area contributed by atoms with E-state index in [0.717, 1.165) is 24.7 Å². The van der Waals surface area contributed by atoms with Crippen LogP contribution in [0.25, 0.3) is 0 Å². The van der Waals surface area contributed by atoms with Gasteiger partial charge in [-0.05, 0) is 44.6 Å². The molecular formula is C13H27NO2S. The fourth-order valence-electron chi connectivity index (χ4n) is 3.03. The summed E-state index contributed by atoms with van der Waals surface area (Å²) in [6.45, 7) is 2.27. The van der Waals surface area contributed by atoms with Gasteiger partial charge in [0.1, 0.15) is 9.84 Å². The predicted molar refractivity (Wildman–Crippen MR) is 72.9 cm³/mol. The van der Waals surface area contributed by atoms with E-state index < -0.39 is 9.84 Å². The van der Waals surface area contributed by atoms with Crippen molar-refractivity contribution in [2.75, 3.05) is 19.1 Å². The molecule has 0 amide bonds. The van der Waals surface area contributed by atoms with E-state index in [1.165, 1.54) is 31.9 Å². The van der Waals surface area contributed by atoms with Crippen LogP contribution in [0.3, 0.4) is 0 Å². The van der Waals surface area contributed by atoms with Gasteiger partial charge >= 0.3 is 0 Å². The van der Waals surface area contributed by atoms with Crippen molar-refractivity contribution in [1.29, 1.82) is 0 Å². The lowest BCUT2D eigenvalue weighted by Gasteiger charge is -2.23. The summed E-state index contributed by atoms with van der Waals surface area (Å²) in [5, 5.41) is 3.38. The molecule has 0 radical (unpaired) electrons. The van der Waals surface area contributed by atoms with Gasteiger partial charge in [0.05, 0.1) is 0 Å². The largest absolute Gasteiger partial charge is 0.317 e. The Morgan fingerprint density at radius 2 is 2.06 bits per heavy atom. The quantitative estimate of drug-likeness (QED) is 0.764. The lowest BCUT2D eigenvalue weighted by molar-refractivity contribution is 0.344. The molecule has 0 saturated heterocycles. The fourth-order valence-corrected chi connectivity index (χ4v) is 3.72. The molecule has 3 atom stereocenters. The van der Waals surface area contributed by atoms with Gasteiger partial charge in [0, 0.05) is 18.1 Å². The molecule has 4 heteroatoms. The second kappa shape index (κ2) is 6.74. The molecule has 1 aliphatic rings. The van der Waals surface area contributed by atoms with E-state index in [-0.39, 0.29) is 0 Å². The van der Waals surface area contributed by atoms with Crippen LogP contribution in [0.2, 0.25) is 0 Å². The fraction of sp³-hybridized carbons (Fsp3) is 1.00. The summed E-state index contributed by atoms with van der Waals surface area (Å²) < 4.78 is 22.2. The van der Waals surface area contributed by atoms with E-state index in [4.69, 9.17) is 0 Å². The zero-order valence-corrected chi connectivity index (χ0v) is 12.2. The third-order valence-corrected chi connectivity index (χ3v) is 5.16. The number of sulfone groups is 1. The Hall–Kier alpha value is -0.0900. The van der Waals surface area contributed by atoms with Crippen LogP contribution < -0.4 is 5.32 Å². The van der Waals surface area contributed by atoms with E-state index in [9.17, 15) is 8.42 Å². The molecule has 1 fully saturated rings. The molecule has 0 aromatic carbocycles. The van der Waals surface area contributed by atoms with Gasteiger partial charge in [0.25, 0.3) is 0 Å². The molecule has 0 aromatic rings. The Balaban J connectivity index is 2.34. The maximum atomic E-state index is 11.1. The maximum absolute atomic E-state index is 11.1. The SMILES string of the molecule is CCC1CCC(C(CCCS(C)(=O)=O)NC)C1. The molecule has 0 aromatic heterocycles. The smallest absolute Gasteiger partial charge is 0.147 e. The summed E-state index contributed by atoms with van der Waals surface area (Å²) in [5.74, 6) is 1.98. The maximum Gasteiger partial charge on any atom is 0.147 e. The molecule has 102 valence electrons. The Morgan fingerprint density at radius 1 is 1.35 bits per heavy atom. The van der Waals surface area contributed by atoms with Crippen molar-refractivity contribution in [3.8, 4) is 0 Å². The Morgan fingerprint density at radius 3 is 2.53 bits per heavy atom. The van der Waals surface area contributed by atoms with Crippen molar-refractivity contribution in [2.45, 2.75) is 51.5 Å². The number of hydrogen-bond donors (Lipinski definition) is 1. The van der Waals surface area contributed by atoms with Gasteiger partial charge in [-0.15, -0.1) is 0 Å². The summed E-state index contributed by atoms with van der Waals surface area (Å²) in [7, 11) is -0.790. The van der Waals surface area contributed by atoms with E-state index in [1.54, 1.807) is 0 Å². The predicted octanol–water partition coefficient (Wildman–Crippen LogP) is 2.23. The first-order chi connectivity index (χ1) is 7.96. The first-order valence-corrected chi connectivity index (χ1v) is 8.87. The van der Waals surface area contributed by atoms with Gasteiger partial charge in [-0.3, -0.25) is 0 Å². The molecule has 0 spiro atoms. The highest BCUT2D eigenvalue weighted by molar-refractivity contribution is 7.90. The van der Waals surface area contributed by atoms with Crippen molar-refractivity contribution >= 4 is 9.84 Å². The Bertz CT molecular complexity index is 313. The Kier molecular flexibility index (Phi) is 5.93. The van der Waals surface area contributed by atoms with Gasteiger partial charge in [0.15, 0.2) is 0 Å². The van der Waals surface area contributed by atoms with E-state index >= 15 is 0 Å². The molecule has 0 heterocycles. The standard InChI is InChI=1S/C13H27NO2S/c1-4-11-7-8-12(10-11)13(14-2)6-5-9-17(3,15)16/h11-14H,4-10H2,1-3H3. The minimum atomic E-state index is -2.79. The zero-order valence-electron chi connectivity index (χ0n) is 11.4. The average molecular weight is 261 g/mol. The highest BCUT2D eigenvalue weighted by atomic mass is 32.2. The van der Waals surface area contributed by atoms with Crippen LogP contribution in [0.5, 0.6) is 0 Å². The van der Waals surface area contributed by atoms with E-state index in [2.05, 4.69) is 12.2 Å². The molecule has 0 aliphatic heterocycles. The number of nitrogens with one attached hydrogen (secondary N) is 1. The minimum Gasteiger partial charge on any atom is -0.317 e. The van der Waals surface area contributed by atoms with Crippen molar-refractivity contribution in [3.63, 3.8) is 0 Å². The third-order valence-electron chi connectivity index (χ3n) is 4.13. The summed E-state index contributed by atoms with van der Waals surface area (Å²) >= 11 is 0. The zero-order chi connectivity index (χ0) is 12.9. The van der Waals surface area contributed by atoms with Crippen LogP contribution in [0.4, 0.5) is 0 Å². The normalized spacial score (nSPS) is 27.2. The van der Waals surface area contributed by atoms with Crippen LogP contribution in [0.1, 0.15) is 45.4 Å². The Labute approximate surface area is 106 Å². The molecule has 1 aliphatic carbocycles. The van der Waals surface area contributed by atoms with Crippen molar-refractivity contribution < 1.29 is 8.42 Å². The van der Waals surface area contributed by atoms with Crippen LogP contribution in [-0.4, -0.2) is 33.5 Å². The van der Waals surface area contributed by atoms with Crippen LogP contribution in [0, 0.1) is 11.8 Å². The number of hydrogen-bond acceptors (Lipinski definition) is 3.